The van der Waals surface area contributed by atoms with Crippen molar-refractivity contribution in [2.24, 2.45) is 11.8 Å². The maximum Gasteiger partial charge on any atom is 0.253 e. The third kappa shape index (κ3) is 3.56. The molecule has 5 heteroatoms. The summed E-state index contributed by atoms with van der Waals surface area (Å²) < 4.78 is 0. The van der Waals surface area contributed by atoms with Crippen LogP contribution < -0.4 is 0 Å². The lowest BCUT2D eigenvalue weighted by atomic mass is 10.0. The maximum atomic E-state index is 13.1. The number of rotatable bonds is 4. The highest BCUT2D eigenvalue weighted by atomic mass is 16.2. The Bertz CT molecular complexity index is 749. The van der Waals surface area contributed by atoms with Crippen molar-refractivity contribution in [2.45, 2.75) is 39.2 Å². The Morgan fingerprint density at radius 1 is 1.32 bits per heavy atom. The van der Waals surface area contributed by atoms with Crippen molar-refractivity contribution in [3.63, 3.8) is 0 Å². The average molecular weight is 340 g/mol. The topological polar surface area (TPSA) is 52.2 Å². The maximum absolute atomic E-state index is 13.1. The van der Waals surface area contributed by atoms with Gasteiger partial charge in [0.05, 0.1) is 17.4 Å². The molecule has 2 fully saturated rings. The highest BCUT2D eigenvalue weighted by molar-refractivity contribution is 5.97. The van der Waals surface area contributed by atoms with Crippen molar-refractivity contribution in [3.8, 4) is 0 Å². The van der Waals surface area contributed by atoms with E-state index in [1.165, 1.54) is 19.4 Å². The van der Waals surface area contributed by atoms with Crippen molar-refractivity contribution in [2.75, 3.05) is 26.2 Å². The minimum atomic E-state index is 0.149. The van der Waals surface area contributed by atoms with Gasteiger partial charge in [-0.05, 0) is 49.3 Å². The second kappa shape index (κ2) is 6.79. The fourth-order valence-electron chi connectivity index (χ4n) is 3.99. The zero-order valence-electron chi connectivity index (χ0n) is 15.2. The summed E-state index contributed by atoms with van der Waals surface area (Å²) in [4.78, 5) is 25.2. The number of aromatic amines is 1. The molecule has 1 aromatic heterocycles. The molecule has 1 saturated heterocycles. The van der Waals surface area contributed by atoms with Crippen LogP contribution in [0.15, 0.2) is 24.5 Å². The third-order valence-electron chi connectivity index (χ3n) is 5.66. The Kier molecular flexibility index (Phi) is 4.50. The van der Waals surface area contributed by atoms with Gasteiger partial charge in [-0.25, -0.2) is 4.98 Å². The van der Waals surface area contributed by atoms with Gasteiger partial charge < -0.3 is 9.88 Å². The van der Waals surface area contributed by atoms with E-state index in [2.05, 4.69) is 33.6 Å². The van der Waals surface area contributed by atoms with Crippen LogP contribution in [0.25, 0.3) is 11.0 Å². The van der Waals surface area contributed by atoms with E-state index >= 15 is 0 Å². The number of H-pyrrole nitrogens is 1. The van der Waals surface area contributed by atoms with Crippen LogP contribution in [0.3, 0.4) is 0 Å². The minimum absolute atomic E-state index is 0.149. The number of carbonyl (C=O) groups is 1. The van der Waals surface area contributed by atoms with E-state index in [9.17, 15) is 4.79 Å². The number of hydrogen-bond acceptors (Lipinski definition) is 3. The highest BCUT2D eigenvalue weighted by Crippen LogP contribution is 2.32. The lowest BCUT2D eigenvalue weighted by Gasteiger charge is -2.34. The van der Waals surface area contributed by atoms with Crippen LogP contribution >= 0.6 is 0 Å². The quantitative estimate of drug-likeness (QED) is 0.930. The van der Waals surface area contributed by atoms with Crippen molar-refractivity contribution in [1.82, 2.24) is 19.8 Å². The Labute approximate surface area is 149 Å². The van der Waals surface area contributed by atoms with Gasteiger partial charge in [0.15, 0.2) is 0 Å². The molecule has 0 bridgehead atoms. The number of nitrogens with one attached hydrogen (secondary N) is 1. The highest BCUT2D eigenvalue weighted by Gasteiger charge is 2.33. The summed E-state index contributed by atoms with van der Waals surface area (Å²) in [5.74, 6) is 1.60. The van der Waals surface area contributed by atoms with Gasteiger partial charge >= 0.3 is 0 Å². The fraction of sp³-hybridized carbons (Fsp3) is 0.600. The molecule has 1 N–H and O–H groups in total. The molecule has 134 valence electrons. The Morgan fingerprint density at radius 2 is 2.16 bits per heavy atom. The van der Waals surface area contributed by atoms with E-state index in [0.29, 0.717) is 12.0 Å². The van der Waals surface area contributed by atoms with Gasteiger partial charge in [-0.3, -0.25) is 9.69 Å². The number of imidazole rings is 1. The minimum Gasteiger partial charge on any atom is -0.345 e. The Morgan fingerprint density at radius 3 is 2.92 bits per heavy atom. The van der Waals surface area contributed by atoms with E-state index in [0.717, 1.165) is 48.6 Å². The van der Waals surface area contributed by atoms with Crippen LogP contribution in [0.4, 0.5) is 0 Å². The predicted molar refractivity (Wildman–Crippen MR) is 99.5 cm³/mol. The third-order valence-corrected chi connectivity index (χ3v) is 5.66. The lowest BCUT2D eigenvalue weighted by molar-refractivity contribution is 0.0704. The predicted octanol–water partition coefficient (Wildman–Crippen LogP) is 3.15. The number of carbonyl (C=O) groups excluding carboxylic acids is 1. The zero-order chi connectivity index (χ0) is 17.4. The molecule has 1 unspecified atom stereocenters. The molecule has 1 aromatic carbocycles. The van der Waals surface area contributed by atoms with E-state index in [-0.39, 0.29) is 5.91 Å². The van der Waals surface area contributed by atoms with Crippen LogP contribution in [0, 0.1) is 11.8 Å². The average Bonchev–Trinajstić information content (AvgIpc) is 3.34. The molecule has 1 aliphatic carbocycles. The summed E-state index contributed by atoms with van der Waals surface area (Å²) in [5, 5.41) is 0. The van der Waals surface area contributed by atoms with E-state index in [1.54, 1.807) is 6.33 Å². The van der Waals surface area contributed by atoms with Gasteiger partial charge in [-0.15, -0.1) is 0 Å². The van der Waals surface area contributed by atoms with Crippen molar-refractivity contribution >= 4 is 16.9 Å². The molecule has 1 aliphatic heterocycles. The normalized spacial score (nSPS) is 22.5. The van der Waals surface area contributed by atoms with Gasteiger partial charge in [0.2, 0.25) is 0 Å². The Balaban J connectivity index is 1.52. The first-order chi connectivity index (χ1) is 12.1. The van der Waals surface area contributed by atoms with Crippen LogP contribution in [0.2, 0.25) is 0 Å². The van der Waals surface area contributed by atoms with Gasteiger partial charge in [0, 0.05) is 37.8 Å². The van der Waals surface area contributed by atoms with Crippen LogP contribution in [0.1, 0.15) is 43.5 Å². The summed E-state index contributed by atoms with van der Waals surface area (Å²) in [6.45, 7) is 8.59. The zero-order valence-corrected chi connectivity index (χ0v) is 15.2. The number of aromatic nitrogens is 2. The molecule has 5 nitrogen and oxygen atoms in total. The van der Waals surface area contributed by atoms with Gasteiger partial charge in [-0.1, -0.05) is 13.8 Å². The van der Waals surface area contributed by atoms with Crippen molar-refractivity contribution < 1.29 is 4.79 Å². The molecule has 4 rings (SSSR count). The summed E-state index contributed by atoms with van der Waals surface area (Å²) in [6.07, 6.45) is 5.51. The molecule has 0 spiro atoms. The molecule has 1 atom stereocenters. The first-order valence-corrected chi connectivity index (χ1v) is 9.58. The molecule has 1 amide bonds. The second-order valence-corrected chi connectivity index (χ2v) is 7.99. The number of benzene rings is 1. The molecular formula is C20H28N4O. The van der Waals surface area contributed by atoms with Gasteiger partial charge in [-0.2, -0.15) is 0 Å². The number of amides is 1. The number of fused-ring (bicyclic) bond motifs is 1. The monoisotopic (exact) mass is 340 g/mol. The van der Waals surface area contributed by atoms with E-state index in [1.807, 2.05) is 18.2 Å². The summed E-state index contributed by atoms with van der Waals surface area (Å²) in [6, 6.07) is 6.23. The summed E-state index contributed by atoms with van der Waals surface area (Å²) in [7, 11) is 0. The van der Waals surface area contributed by atoms with Crippen LogP contribution in [-0.4, -0.2) is 57.9 Å². The second-order valence-electron chi connectivity index (χ2n) is 7.99. The first kappa shape index (κ1) is 16.6. The van der Waals surface area contributed by atoms with Gasteiger partial charge in [0.25, 0.3) is 5.91 Å². The van der Waals surface area contributed by atoms with Gasteiger partial charge in [0.1, 0.15) is 0 Å². The van der Waals surface area contributed by atoms with E-state index < -0.39 is 0 Å². The lowest BCUT2D eigenvalue weighted by Crippen LogP contribution is -2.46. The molecule has 2 heterocycles. The molecule has 0 radical (unpaired) electrons. The van der Waals surface area contributed by atoms with Crippen LogP contribution in [0.5, 0.6) is 0 Å². The van der Waals surface area contributed by atoms with E-state index in [4.69, 9.17) is 0 Å². The molecule has 1 saturated carbocycles. The number of hydrogen-bond donors (Lipinski definition) is 1. The Hall–Kier alpha value is -1.88. The van der Waals surface area contributed by atoms with Crippen molar-refractivity contribution in [3.05, 3.63) is 30.1 Å². The van der Waals surface area contributed by atoms with Crippen molar-refractivity contribution in [1.29, 1.82) is 0 Å². The van der Waals surface area contributed by atoms with Crippen LogP contribution in [-0.2, 0) is 0 Å². The SMILES string of the molecule is CC(C)C1CN(C(=O)c2ccc3nc[nH]c3c2)CCCN1CC1CC1. The number of nitrogens with zero attached hydrogens (tertiary/aromatic N) is 3. The molecular weight excluding hydrogens is 312 g/mol. The summed E-state index contributed by atoms with van der Waals surface area (Å²) >= 11 is 0. The standard InChI is InChI=1S/C20H28N4O/c1-14(2)19-12-24(9-3-8-23(19)11-15-4-5-15)20(25)16-6-7-17-18(10-16)22-13-21-17/h6-7,10,13-15,19H,3-5,8-9,11-12H2,1-2H3,(H,21,22). The fourth-order valence-corrected chi connectivity index (χ4v) is 3.99. The molecule has 25 heavy (non-hydrogen) atoms. The smallest absolute Gasteiger partial charge is 0.253 e. The molecule has 2 aromatic rings. The molecule has 2 aliphatic rings. The summed E-state index contributed by atoms with van der Waals surface area (Å²) in [5.41, 5.74) is 2.59. The first-order valence-electron chi connectivity index (χ1n) is 9.58. The largest absolute Gasteiger partial charge is 0.345 e.